The first kappa shape index (κ1) is 20.1. The van der Waals surface area contributed by atoms with Crippen LogP contribution in [0.4, 0.5) is 5.69 Å². The number of hydrogen-bond acceptors (Lipinski definition) is 5. The van der Waals surface area contributed by atoms with E-state index in [0.717, 1.165) is 41.2 Å². The molecule has 2 heterocycles. The quantitative estimate of drug-likeness (QED) is 0.617. The molecule has 0 saturated carbocycles. The SMILES string of the molecule is N#Cc1cc(-c2ccccc2)ccc1N1CC[C@H](N[C@@H](Cc2cccs2)C(N)=O)C1. The Hall–Kier alpha value is -3.14. The molecule has 1 amide bonds. The summed E-state index contributed by atoms with van der Waals surface area (Å²) in [6.45, 7) is 1.58. The van der Waals surface area contributed by atoms with E-state index >= 15 is 0 Å². The predicted octanol–water partition coefficient (Wildman–Crippen LogP) is 3.55. The van der Waals surface area contributed by atoms with Crippen molar-refractivity contribution in [3.8, 4) is 17.2 Å². The second kappa shape index (κ2) is 9.12. The van der Waals surface area contributed by atoms with Crippen LogP contribution >= 0.6 is 11.3 Å². The van der Waals surface area contributed by atoms with Gasteiger partial charge in [0.05, 0.1) is 17.3 Å². The summed E-state index contributed by atoms with van der Waals surface area (Å²) in [6, 6.07) is 22.2. The summed E-state index contributed by atoms with van der Waals surface area (Å²) in [4.78, 5) is 15.3. The van der Waals surface area contributed by atoms with Crippen molar-refractivity contribution >= 4 is 22.9 Å². The number of benzene rings is 2. The van der Waals surface area contributed by atoms with Gasteiger partial charge in [0.2, 0.25) is 5.91 Å². The van der Waals surface area contributed by atoms with Crippen LogP contribution in [-0.2, 0) is 11.2 Å². The number of carbonyl (C=O) groups excluding carboxylic acids is 1. The van der Waals surface area contributed by atoms with Gasteiger partial charge in [-0.15, -0.1) is 11.3 Å². The van der Waals surface area contributed by atoms with Gasteiger partial charge in [0, 0.05) is 30.4 Å². The van der Waals surface area contributed by atoms with Crippen LogP contribution < -0.4 is 16.0 Å². The van der Waals surface area contributed by atoms with Gasteiger partial charge in [-0.25, -0.2) is 0 Å². The third kappa shape index (κ3) is 4.54. The second-order valence-corrected chi connectivity index (χ2v) is 8.58. The van der Waals surface area contributed by atoms with E-state index in [1.54, 1.807) is 11.3 Å². The predicted molar refractivity (Wildman–Crippen MR) is 121 cm³/mol. The number of thiophene rings is 1. The van der Waals surface area contributed by atoms with E-state index < -0.39 is 0 Å². The molecule has 0 spiro atoms. The van der Waals surface area contributed by atoms with Gasteiger partial charge in [-0.3, -0.25) is 4.79 Å². The molecule has 1 aromatic heterocycles. The van der Waals surface area contributed by atoms with Gasteiger partial charge >= 0.3 is 0 Å². The molecule has 30 heavy (non-hydrogen) atoms. The van der Waals surface area contributed by atoms with Crippen molar-refractivity contribution in [2.75, 3.05) is 18.0 Å². The number of nitrogens with two attached hydrogens (primary N) is 1. The van der Waals surface area contributed by atoms with Crippen LogP contribution in [0.1, 0.15) is 16.9 Å². The number of carbonyl (C=O) groups is 1. The van der Waals surface area contributed by atoms with Gasteiger partial charge in [0.15, 0.2) is 0 Å². The molecule has 3 aromatic rings. The number of amides is 1. The lowest BCUT2D eigenvalue weighted by Crippen LogP contribution is -2.48. The summed E-state index contributed by atoms with van der Waals surface area (Å²) >= 11 is 1.63. The molecule has 4 rings (SSSR count). The lowest BCUT2D eigenvalue weighted by atomic mass is 10.0. The molecule has 1 aliphatic rings. The molecule has 0 unspecified atom stereocenters. The van der Waals surface area contributed by atoms with Gasteiger partial charge in [-0.05, 0) is 41.1 Å². The fourth-order valence-corrected chi connectivity index (χ4v) is 4.73. The Kier molecular flexibility index (Phi) is 6.12. The molecule has 0 aliphatic carbocycles. The average molecular weight is 417 g/mol. The van der Waals surface area contributed by atoms with Crippen LogP contribution in [0.5, 0.6) is 0 Å². The Labute approximate surface area is 180 Å². The van der Waals surface area contributed by atoms with Crippen molar-refractivity contribution in [3.05, 3.63) is 76.5 Å². The first-order valence-electron chi connectivity index (χ1n) is 10.1. The van der Waals surface area contributed by atoms with Crippen molar-refractivity contribution in [3.63, 3.8) is 0 Å². The monoisotopic (exact) mass is 416 g/mol. The third-order valence-electron chi connectivity index (χ3n) is 5.52. The first-order chi connectivity index (χ1) is 14.6. The average Bonchev–Trinajstić information content (AvgIpc) is 3.45. The Balaban J connectivity index is 1.46. The van der Waals surface area contributed by atoms with Gasteiger partial charge in [0.25, 0.3) is 0 Å². The summed E-state index contributed by atoms with van der Waals surface area (Å²) in [7, 11) is 0. The lowest BCUT2D eigenvalue weighted by Gasteiger charge is -2.23. The molecule has 152 valence electrons. The zero-order chi connectivity index (χ0) is 20.9. The van der Waals surface area contributed by atoms with E-state index in [0.29, 0.717) is 12.0 Å². The smallest absolute Gasteiger partial charge is 0.234 e. The van der Waals surface area contributed by atoms with E-state index in [9.17, 15) is 10.1 Å². The third-order valence-corrected chi connectivity index (χ3v) is 6.42. The number of nitrogens with one attached hydrogen (secondary N) is 1. The topological polar surface area (TPSA) is 82.2 Å². The maximum absolute atomic E-state index is 11.9. The highest BCUT2D eigenvalue weighted by molar-refractivity contribution is 7.09. The maximum atomic E-state index is 11.9. The fourth-order valence-electron chi connectivity index (χ4n) is 3.98. The van der Waals surface area contributed by atoms with Crippen LogP contribution in [0, 0.1) is 11.3 Å². The summed E-state index contributed by atoms with van der Waals surface area (Å²) in [6.07, 6.45) is 1.51. The van der Waals surface area contributed by atoms with E-state index in [1.807, 2.05) is 60.0 Å². The second-order valence-electron chi connectivity index (χ2n) is 7.55. The van der Waals surface area contributed by atoms with Crippen molar-refractivity contribution < 1.29 is 4.79 Å². The molecule has 1 saturated heterocycles. The Morgan fingerprint density at radius 2 is 2.03 bits per heavy atom. The Morgan fingerprint density at radius 3 is 2.73 bits per heavy atom. The van der Waals surface area contributed by atoms with E-state index in [2.05, 4.69) is 22.4 Å². The number of hydrogen-bond donors (Lipinski definition) is 2. The normalized spacial score (nSPS) is 16.9. The molecule has 1 fully saturated rings. The number of anilines is 1. The lowest BCUT2D eigenvalue weighted by molar-refractivity contribution is -0.120. The largest absolute Gasteiger partial charge is 0.369 e. The molecule has 0 bridgehead atoms. The molecule has 1 aliphatic heterocycles. The van der Waals surface area contributed by atoms with E-state index in [1.165, 1.54) is 0 Å². The van der Waals surface area contributed by atoms with Crippen molar-refractivity contribution in [1.29, 1.82) is 5.26 Å². The highest BCUT2D eigenvalue weighted by Gasteiger charge is 2.28. The zero-order valence-electron chi connectivity index (χ0n) is 16.6. The number of rotatable bonds is 7. The zero-order valence-corrected chi connectivity index (χ0v) is 17.4. The molecule has 5 nitrogen and oxygen atoms in total. The number of nitrogens with zero attached hydrogens (tertiary/aromatic N) is 2. The summed E-state index contributed by atoms with van der Waals surface area (Å²) in [5, 5.41) is 15.2. The van der Waals surface area contributed by atoms with Crippen molar-refractivity contribution in [2.24, 2.45) is 5.73 Å². The highest BCUT2D eigenvalue weighted by atomic mass is 32.1. The standard InChI is InChI=1S/C24H24N4OS/c25-15-19-13-18(17-5-2-1-3-6-17)8-9-23(19)28-11-10-20(16-28)27-22(24(26)29)14-21-7-4-12-30-21/h1-9,12-13,20,22,27H,10-11,14,16H2,(H2,26,29)/t20-,22-/m0/s1. The molecule has 3 N–H and O–H groups in total. The number of nitriles is 1. The van der Waals surface area contributed by atoms with Gasteiger partial charge in [-0.2, -0.15) is 5.26 Å². The number of primary amides is 1. The molecular formula is C24H24N4OS. The highest BCUT2D eigenvalue weighted by Crippen LogP contribution is 2.29. The summed E-state index contributed by atoms with van der Waals surface area (Å²) < 4.78 is 0. The minimum atomic E-state index is -0.385. The van der Waals surface area contributed by atoms with Crippen LogP contribution in [0.2, 0.25) is 0 Å². The van der Waals surface area contributed by atoms with Gasteiger partial charge in [0.1, 0.15) is 6.07 Å². The minimum absolute atomic E-state index is 0.155. The van der Waals surface area contributed by atoms with Crippen molar-refractivity contribution in [2.45, 2.75) is 24.9 Å². The first-order valence-corrected chi connectivity index (χ1v) is 10.9. The van der Waals surface area contributed by atoms with Crippen LogP contribution in [-0.4, -0.2) is 31.1 Å². The maximum Gasteiger partial charge on any atom is 0.234 e. The van der Waals surface area contributed by atoms with Gasteiger partial charge in [-0.1, -0.05) is 42.5 Å². The molecule has 2 aromatic carbocycles. The molecule has 6 heteroatoms. The van der Waals surface area contributed by atoms with Crippen LogP contribution in [0.3, 0.4) is 0 Å². The minimum Gasteiger partial charge on any atom is -0.369 e. The molecule has 0 radical (unpaired) electrons. The Morgan fingerprint density at radius 1 is 1.20 bits per heavy atom. The van der Waals surface area contributed by atoms with E-state index in [4.69, 9.17) is 5.73 Å². The van der Waals surface area contributed by atoms with Crippen LogP contribution in [0.15, 0.2) is 66.0 Å². The Bertz CT molecular complexity index is 1040. The molecular weight excluding hydrogens is 392 g/mol. The summed E-state index contributed by atoms with van der Waals surface area (Å²) in [5.74, 6) is -0.327. The van der Waals surface area contributed by atoms with Gasteiger partial charge < -0.3 is 16.0 Å². The van der Waals surface area contributed by atoms with E-state index in [-0.39, 0.29) is 18.0 Å². The summed E-state index contributed by atoms with van der Waals surface area (Å²) in [5.41, 5.74) is 9.38. The molecule has 2 atom stereocenters. The van der Waals surface area contributed by atoms with Crippen LogP contribution in [0.25, 0.3) is 11.1 Å². The van der Waals surface area contributed by atoms with Crippen molar-refractivity contribution in [1.82, 2.24) is 5.32 Å². The fraction of sp³-hybridized carbons (Fsp3) is 0.250.